The number of pyridine rings is 1. The molecule has 6 heteroatoms. The van der Waals surface area contributed by atoms with E-state index in [9.17, 15) is 4.79 Å². The molecule has 2 heterocycles. The number of primary amides is 1. The topological polar surface area (TPSA) is 97.8 Å². The molecule has 2 aromatic carbocycles. The Labute approximate surface area is 152 Å². The Morgan fingerprint density at radius 1 is 1.20 bits per heavy atom. The van der Waals surface area contributed by atoms with Gasteiger partial charge >= 0.3 is 0 Å². The van der Waals surface area contributed by atoms with Crippen molar-refractivity contribution in [3.05, 3.63) is 58.3 Å². The second kappa shape index (κ2) is 5.60. The summed E-state index contributed by atoms with van der Waals surface area (Å²) in [4.78, 5) is 19.4. The minimum atomic E-state index is -0.563. The molecule has 0 unspecified atom stereocenters. The van der Waals surface area contributed by atoms with Crippen LogP contribution in [0.2, 0.25) is 0 Å². The van der Waals surface area contributed by atoms with Crippen LogP contribution in [0.25, 0.3) is 32.9 Å². The molecular weight excluding hydrogens is 380 g/mol. The molecule has 0 saturated carbocycles. The van der Waals surface area contributed by atoms with Crippen LogP contribution in [0.15, 0.2) is 47.1 Å². The first kappa shape index (κ1) is 15.7. The number of carbonyl (C=O) groups excluding carboxylic acids is 1. The fraction of sp³-hybridized carbons (Fsp3) is 0.0526. The van der Waals surface area contributed by atoms with Gasteiger partial charge in [0.05, 0.1) is 5.52 Å². The Morgan fingerprint density at radius 2 is 2.00 bits per heavy atom. The van der Waals surface area contributed by atoms with Crippen molar-refractivity contribution in [2.45, 2.75) is 6.92 Å². The van der Waals surface area contributed by atoms with E-state index in [4.69, 9.17) is 11.5 Å². The Balaban J connectivity index is 2.19. The highest BCUT2D eigenvalue weighted by Crippen LogP contribution is 2.38. The molecule has 5 N–H and O–H groups in total. The van der Waals surface area contributed by atoms with E-state index in [0.717, 1.165) is 37.5 Å². The number of H-pyrrole nitrogens is 1. The number of benzene rings is 2. The lowest BCUT2D eigenvalue weighted by Crippen LogP contribution is -2.13. The van der Waals surface area contributed by atoms with Crippen LogP contribution in [0, 0.1) is 6.92 Å². The number of fused-ring (bicyclic) bond motifs is 3. The van der Waals surface area contributed by atoms with Crippen LogP contribution in [0.1, 0.15) is 16.1 Å². The molecule has 0 spiro atoms. The number of anilines is 1. The second-order valence-electron chi connectivity index (χ2n) is 5.97. The molecule has 25 heavy (non-hydrogen) atoms. The molecule has 0 fully saturated rings. The maximum Gasteiger partial charge on any atom is 0.269 e. The molecule has 4 rings (SSSR count). The van der Waals surface area contributed by atoms with Gasteiger partial charge in [0, 0.05) is 38.2 Å². The minimum Gasteiger partial charge on any atom is -0.398 e. The zero-order valence-corrected chi connectivity index (χ0v) is 15.0. The third kappa shape index (κ3) is 2.37. The number of nitrogen functional groups attached to an aromatic ring is 1. The number of aromatic amines is 1. The molecule has 0 atom stereocenters. The monoisotopic (exact) mass is 394 g/mol. The van der Waals surface area contributed by atoms with E-state index in [-0.39, 0.29) is 5.69 Å². The average molecular weight is 395 g/mol. The van der Waals surface area contributed by atoms with Crippen LogP contribution in [-0.2, 0) is 0 Å². The summed E-state index contributed by atoms with van der Waals surface area (Å²) in [7, 11) is 0. The predicted molar refractivity (Wildman–Crippen MR) is 104 cm³/mol. The number of aromatic nitrogens is 2. The summed E-state index contributed by atoms with van der Waals surface area (Å²) < 4.78 is 0.946. The SMILES string of the molecule is Cc1c(N)cccc1-c1cnc(C(N)=O)c2[nH]c3cc(Br)ccc3c12. The van der Waals surface area contributed by atoms with Crippen molar-refractivity contribution in [1.29, 1.82) is 0 Å². The molecule has 1 amide bonds. The van der Waals surface area contributed by atoms with Gasteiger partial charge in [-0.2, -0.15) is 0 Å². The lowest BCUT2D eigenvalue weighted by Gasteiger charge is -2.11. The summed E-state index contributed by atoms with van der Waals surface area (Å²) in [6.07, 6.45) is 1.69. The number of nitrogens with zero attached hydrogens (tertiary/aromatic N) is 1. The number of hydrogen-bond donors (Lipinski definition) is 3. The van der Waals surface area contributed by atoms with Crippen LogP contribution < -0.4 is 11.5 Å². The molecule has 124 valence electrons. The van der Waals surface area contributed by atoms with Crippen molar-refractivity contribution >= 4 is 49.3 Å². The molecule has 5 nitrogen and oxygen atoms in total. The highest BCUT2D eigenvalue weighted by atomic mass is 79.9. The molecule has 4 aromatic rings. The molecule has 0 aliphatic heterocycles. The Bertz CT molecular complexity index is 1160. The molecular formula is C19H15BrN4O. The zero-order valence-electron chi connectivity index (χ0n) is 13.4. The van der Waals surface area contributed by atoms with Crippen molar-refractivity contribution in [3.8, 4) is 11.1 Å². The third-order valence-corrected chi connectivity index (χ3v) is 4.98. The van der Waals surface area contributed by atoms with Gasteiger partial charge < -0.3 is 16.5 Å². The van der Waals surface area contributed by atoms with Gasteiger partial charge in [0.2, 0.25) is 0 Å². The Morgan fingerprint density at radius 3 is 2.76 bits per heavy atom. The largest absolute Gasteiger partial charge is 0.398 e. The zero-order chi connectivity index (χ0) is 17.7. The highest BCUT2D eigenvalue weighted by molar-refractivity contribution is 9.10. The van der Waals surface area contributed by atoms with Gasteiger partial charge in [0.1, 0.15) is 0 Å². The van der Waals surface area contributed by atoms with Crippen molar-refractivity contribution in [2.24, 2.45) is 5.73 Å². The molecule has 0 aliphatic rings. The smallest absolute Gasteiger partial charge is 0.269 e. The van der Waals surface area contributed by atoms with E-state index in [1.807, 2.05) is 43.3 Å². The summed E-state index contributed by atoms with van der Waals surface area (Å²) in [6.45, 7) is 1.98. The van der Waals surface area contributed by atoms with Crippen LogP contribution in [0.4, 0.5) is 5.69 Å². The van der Waals surface area contributed by atoms with Crippen molar-refractivity contribution in [2.75, 3.05) is 5.73 Å². The van der Waals surface area contributed by atoms with Gasteiger partial charge in [-0.05, 0) is 36.2 Å². The second-order valence-corrected chi connectivity index (χ2v) is 6.89. The fourth-order valence-corrected chi connectivity index (χ4v) is 3.58. The first-order valence-electron chi connectivity index (χ1n) is 7.72. The fourth-order valence-electron chi connectivity index (χ4n) is 3.22. The average Bonchev–Trinajstić information content (AvgIpc) is 2.94. The van der Waals surface area contributed by atoms with Gasteiger partial charge in [0.15, 0.2) is 5.69 Å². The molecule has 0 radical (unpaired) electrons. The van der Waals surface area contributed by atoms with E-state index in [2.05, 4.69) is 25.9 Å². The maximum atomic E-state index is 11.8. The van der Waals surface area contributed by atoms with Gasteiger partial charge in [-0.3, -0.25) is 4.79 Å². The van der Waals surface area contributed by atoms with Gasteiger partial charge in [-0.15, -0.1) is 0 Å². The van der Waals surface area contributed by atoms with Gasteiger partial charge in [0.25, 0.3) is 5.91 Å². The number of rotatable bonds is 2. The molecule has 0 saturated heterocycles. The number of halogens is 1. The van der Waals surface area contributed by atoms with Crippen LogP contribution in [-0.4, -0.2) is 15.9 Å². The van der Waals surface area contributed by atoms with Crippen LogP contribution in [0.3, 0.4) is 0 Å². The third-order valence-electron chi connectivity index (χ3n) is 4.49. The first-order chi connectivity index (χ1) is 12.0. The number of hydrogen-bond acceptors (Lipinski definition) is 3. The van der Waals surface area contributed by atoms with E-state index in [1.54, 1.807) is 6.20 Å². The minimum absolute atomic E-state index is 0.229. The standard InChI is InChI=1S/C19H15BrN4O/c1-9-11(3-2-4-14(9)21)13-8-23-18(19(22)25)17-16(13)12-6-5-10(20)7-15(12)24-17/h2-8,24H,21H2,1H3,(H2,22,25). The lowest BCUT2D eigenvalue weighted by molar-refractivity contribution is 0.0997. The summed E-state index contributed by atoms with van der Waals surface area (Å²) in [5, 5.41) is 1.92. The van der Waals surface area contributed by atoms with Crippen molar-refractivity contribution in [1.82, 2.24) is 9.97 Å². The lowest BCUT2D eigenvalue weighted by atomic mass is 9.96. The normalized spacial score (nSPS) is 11.3. The summed E-state index contributed by atoms with van der Waals surface area (Å²) in [6, 6.07) is 11.7. The van der Waals surface area contributed by atoms with E-state index in [0.29, 0.717) is 11.2 Å². The van der Waals surface area contributed by atoms with Crippen LogP contribution >= 0.6 is 15.9 Å². The Hall–Kier alpha value is -2.86. The number of nitrogens with one attached hydrogen (secondary N) is 1. The molecule has 0 aliphatic carbocycles. The summed E-state index contributed by atoms with van der Waals surface area (Å²) >= 11 is 3.48. The summed E-state index contributed by atoms with van der Waals surface area (Å²) in [5.74, 6) is -0.563. The Kier molecular flexibility index (Phi) is 3.51. The van der Waals surface area contributed by atoms with E-state index >= 15 is 0 Å². The predicted octanol–water partition coefficient (Wildman–Crippen LogP) is 4.14. The van der Waals surface area contributed by atoms with E-state index < -0.39 is 5.91 Å². The number of carbonyl (C=O) groups is 1. The van der Waals surface area contributed by atoms with Gasteiger partial charge in [-0.25, -0.2) is 4.98 Å². The van der Waals surface area contributed by atoms with E-state index in [1.165, 1.54) is 0 Å². The summed E-state index contributed by atoms with van der Waals surface area (Å²) in [5.41, 5.74) is 17.0. The quantitative estimate of drug-likeness (QED) is 0.445. The highest BCUT2D eigenvalue weighted by Gasteiger charge is 2.19. The number of nitrogens with two attached hydrogens (primary N) is 2. The number of amides is 1. The van der Waals surface area contributed by atoms with Crippen molar-refractivity contribution in [3.63, 3.8) is 0 Å². The molecule has 2 aromatic heterocycles. The molecule has 0 bridgehead atoms. The van der Waals surface area contributed by atoms with Gasteiger partial charge in [-0.1, -0.05) is 34.1 Å². The maximum absolute atomic E-state index is 11.8. The van der Waals surface area contributed by atoms with Crippen molar-refractivity contribution < 1.29 is 4.79 Å². The van der Waals surface area contributed by atoms with Crippen LogP contribution in [0.5, 0.6) is 0 Å². The first-order valence-corrected chi connectivity index (χ1v) is 8.52.